The molecule has 0 nitrogen and oxygen atoms in total. The molecular formula is C43H28S. The first kappa shape index (κ1) is 24.5. The Balaban J connectivity index is 1.21. The molecule has 8 aromatic carbocycles. The van der Waals surface area contributed by atoms with Crippen molar-refractivity contribution in [3.8, 4) is 33.4 Å². The average Bonchev–Trinajstić information content (AvgIpc) is 3.54. The summed E-state index contributed by atoms with van der Waals surface area (Å²) in [5.41, 5.74) is 10.7. The molecule has 0 unspecified atom stereocenters. The van der Waals surface area contributed by atoms with E-state index < -0.39 is 0 Å². The second kappa shape index (κ2) is 8.56. The molecule has 0 atom stereocenters. The molecule has 0 saturated heterocycles. The van der Waals surface area contributed by atoms with Gasteiger partial charge in [-0.15, -0.1) is 11.3 Å². The zero-order valence-electron chi connectivity index (χ0n) is 24.6. The maximum atomic E-state index is 2.48. The van der Waals surface area contributed by atoms with Gasteiger partial charge in [0.05, 0.1) is 0 Å². The molecular weight excluding hydrogens is 549 g/mol. The zero-order valence-corrected chi connectivity index (χ0v) is 25.4. The fraction of sp³-hybridized carbons (Fsp3) is 0.0698. The highest BCUT2D eigenvalue weighted by atomic mass is 32.1. The number of fused-ring (bicyclic) bond motifs is 6. The lowest BCUT2D eigenvalue weighted by Crippen LogP contribution is -2.14. The minimum atomic E-state index is -0.0447. The summed E-state index contributed by atoms with van der Waals surface area (Å²) in [5.74, 6) is 0. The van der Waals surface area contributed by atoms with Gasteiger partial charge in [-0.3, -0.25) is 0 Å². The van der Waals surface area contributed by atoms with Crippen LogP contribution in [0.15, 0.2) is 133 Å². The lowest BCUT2D eigenvalue weighted by atomic mass is 9.81. The highest BCUT2D eigenvalue weighted by molar-refractivity contribution is 7.25. The number of benzene rings is 8. The van der Waals surface area contributed by atoms with Crippen molar-refractivity contribution in [2.45, 2.75) is 19.3 Å². The Bertz CT molecular complexity index is 2620. The molecule has 0 radical (unpaired) electrons. The highest BCUT2D eigenvalue weighted by Gasteiger charge is 2.36. The summed E-state index contributed by atoms with van der Waals surface area (Å²) in [4.78, 5) is 0. The molecule has 0 fully saturated rings. The topological polar surface area (TPSA) is 0 Å². The molecule has 0 spiro atoms. The second-order valence-corrected chi connectivity index (χ2v) is 14.0. The van der Waals surface area contributed by atoms with Gasteiger partial charge in [0.25, 0.3) is 0 Å². The quantitative estimate of drug-likeness (QED) is 0.180. The Labute approximate surface area is 260 Å². The van der Waals surface area contributed by atoms with Crippen LogP contribution in [0.1, 0.15) is 25.0 Å². The number of hydrogen-bond donors (Lipinski definition) is 0. The first-order valence-electron chi connectivity index (χ1n) is 15.4. The Morgan fingerprint density at radius 3 is 1.80 bits per heavy atom. The smallest absolute Gasteiger partial charge is 0.0361 e. The van der Waals surface area contributed by atoms with Crippen molar-refractivity contribution in [3.63, 3.8) is 0 Å². The van der Waals surface area contributed by atoms with Crippen molar-refractivity contribution in [2.75, 3.05) is 0 Å². The third kappa shape index (κ3) is 3.17. The van der Waals surface area contributed by atoms with Crippen molar-refractivity contribution in [1.29, 1.82) is 0 Å². The largest absolute Gasteiger partial charge is 0.135 e. The Morgan fingerprint density at radius 1 is 0.409 bits per heavy atom. The van der Waals surface area contributed by atoms with Gasteiger partial charge in [-0.05, 0) is 101 Å². The van der Waals surface area contributed by atoms with Crippen LogP contribution in [0.2, 0.25) is 0 Å². The van der Waals surface area contributed by atoms with Crippen LogP contribution in [-0.4, -0.2) is 0 Å². The van der Waals surface area contributed by atoms with Crippen LogP contribution in [0.25, 0.3) is 85.9 Å². The molecule has 9 aromatic rings. The number of hydrogen-bond acceptors (Lipinski definition) is 1. The molecule has 1 aromatic heterocycles. The molecule has 0 bridgehead atoms. The van der Waals surface area contributed by atoms with Crippen LogP contribution in [0.5, 0.6) is 0 Å². The second-order valence-electron chi connectivity index (χ2n) is 12.9. The van der Waals surface area contributed by atoms with Gasteiger partial charge in [-0.25, -0.2) is 0 Å². The van der Waals surface area contributed by atoms with Crippen LogP contribution in [0.4, 0.5) is 0 Å². The molecule has 1 heteroatoms. The third-order valence-corrected chi connectivity index (χ3v) is 11.4. The molecule has 0 saturated carbocycles. The van der Waals surface area contributed by atoms with Crippen molar-refractivity contribution < 1.29 is 0 Å². The minimum Gasteiger partial charge on any atom is -0.135 e. The highest BCUT2D eigenvalue weighted by Crippen LogP contribution is 2.53. The lowest BCUT2D eigenvalue weighted by molar-refractivity contribution is 0.661. The summed E-state index contributed by atoms with van der Waals surface area (Å²) >= 11 is 1.91. The average molecular weight is 577 g/mol. The van der Waals surface area contributed by atoms with Gasteiger partial charge in [0, 0.05) is 25.6 Å². The van der Waals surface area contributed by atoms with Gasteiger partial charge >= 0.3 is 0 Å². The Kier molecular flexibility index (Phi) is 4.76. The molecule has 44 heavy (non-hydrogen) atoms. The van der Waals surface area contributed by atoms with E-state index in [-0.39, 0.29) is 5.41 Å². The predicted octanol–water partition coefficient (Wildman–Crippen LogP) is 12.6. The predicted molar refractivity (Wildman–Crippen MR) is 191 cm³/mol. The van der Waals surface area contributed by atoms with Gasteiger partial charge in [0.1, 0.15) is 0 Å². The van der Waals surface area contributed by atoms with Crippen molar-refractivity contribution in [1.82, 2.24) is 0 Å². The summed E-state index contributed by atoms with van der Waals surface area (Å²) in [7, 11) is 0. The third-order valence-electron chi connectivity index (χ3n) is 10.2. The fourth-order valence-electron chi connectivity index (χ4n) is 8.06. The van der Waals surface area contributed by atoms with Gasteiger partial charge in [0.15, 0.2) is 0 Å². The Morgan fingerprint density at radius 2 is 1.05 bits per heavy atom. The monoisotopic (exact) mass is 576 g/mol. The zero-order chi connectivity index (χ0) is 29.2. The maximum absolute atomic E-state index is 2.48. The molecule has 10 rings (SSSR count). The van der Waals surface area contributed by atoms with Crippen molar-refractivity contribution >= 4 is 63.8 Å². The van der Waals surface area contributed by atoms with Crippen LogP contribution < -0.4 is 0 Å². The van der Waals surface area contributed by atoms with E-state index in [4.69, 9.17) is 0 Å². The van der Waals surface area contributed by atoms with E-state index in [1.54, 1.807) is 0 Å². The van der Waals surface area contributed by atoms with Gasteiger partial charge in [0.2, 0.25) is 0 Å². The standard InChI is InChI=1S/C43H28S/c1-43(2)37-21-16-28(22-34(37)35-24-40-36(23-38(35)43)31-10-6-7-11-39(31)44-40)30-18-13-27-14-19-32-29(25-8-4-3-5-9-25)17-12-26-15-20-33(30)42(27)41(26)32/h3-24H,1-2H3. The van der Waals surface area contributed by atoms with Gasteiger partial charge in [-0.2, -0.15) is 0 Å². The van der Waals surface area contributed by atoms with Crippen LogP contribution in [0, 0.1) is 0 Å². The summed E-state index contributed by atoms with van der Waals surface area (Å²) < 4.78 is 2.73. The van der Waals surface area contributed by atoms with E-state index in [9.17, 15) is 0 Å². The summed E-state index contributed by atoms with van der Waals surface area (Å²) in [6, 6.07) is 50.2. The maximum Gasteiger partial charge on any atom is 0.0361 e. The van der Waals surface area contributed by atoms with Crippen LogP contribution in [-0.2, 0) is 5.41 Å². The van der Waals surface area contributed by atoms with Crippen molar-refractivity contribution in [3.05, 3.63) is 145 Å². The normalized spacial score (nSPS) is 13.9. The molecule has 1 aliphatic carbocycles. The number of rotatable bonds is 2. The molecule has 0 amide bonds. The minimum absolute atomic E-state index is 0.0447. The van der Waals surface area contributed by atoms with E-state index >= 15 is 0 Å². The van der Waals surface area contributed by atoms with E-state index in [0.29, 0.717) is 0 Å². The van der Waals surface area contributed by atoms with Gasteiger partial charge in [-0.1, -0.05) is 123 Å². The summed E-state index contributed by atoms with van der Waals surface area (Å²) in [5, 5.41) is 10.7. The molecule has 0 aliphatic heterocycles. The molecule has 1 aliphatic rings. The van der Waals surface area contributed by atoms with Crippen LogP contribution in [0.3, 0.4) is 0 Å². The summed E-state index contributed by atoms with van der Waals surface area (Å²) in [6.45, 7) is 4.77. The molecule has 0 N–H and O–H groups in total. The number of thiophene rings is 1. The van der Waals surface area contributed by atoms with Crippen molar-refractivity contribution in [2.24, 2.45) is 0 Å². The van der Waals surface area contributed by atoms with Crippen LogP contribution >= 0.6 is 11.3 Å². The van der Waals surface area contributed by atoms with E-state index in [2.05, 4.69) is 147 Å². The first-order chi connectivity index (χ1) is 21.6. The SMILES string of the molecule is CC1(C)c2ccc(-c3ccc4ccc5c(-c6ccccc6)ccc6ccc3c4c65)cc2-c2cc3sc4ccccc4c3cc21. The fourth-order valence-corrected chi connectivity index (χ4v) is 9.19. The molecule has 1 heterocycles. The van der Waals surface area contributed by atoms with E-state index in [1.807, 2.05) is 11.3 Å². The van der Waals surface area contributed by atoms with Gasteiger partial charge < -0.3 is 0 Å². The first-order valence-corrected chi connectivity index (χ1v) is 16.2. The summed E-state index contributed by atoms with van der Waals surface area (Å²) in [6.07, 6.45) is 0. The van der Waals surface area contributed by atoms with E-state index in [0.717, 1.165) is 0 Å². The van der Waals surface area contributed by atoms with E-state index in [1.165, 1.54) is 97.0 Å². The lowest BCUT2D eigenvalue weighted by Gasteiger charge is -2.22. The molecule has 206 valence electrons. The Hall–Kier alpha value is -4.98.